The fourth-order valence-corrected chi connectivity index (χ4v) is 6.33. The highest BCUT2D eigenvalue weighted by atomic mass is 16.5. The molecule has 9 nitrogen and oxygen atoms in total. The van der Waals surface area contributed by atoms with Gasteiger partial charge >= 0.3 is 0 Å². The van der Waals surface area contributed by atoms with Crippen LogP contribution in [0.25, 0.3) is 0 Å². The molecule has 2 aromatic heterocycles. The summed E-state index contributed by atoms with van der Waals surface area (Å²) in [6, 6.07) is 7.82. The van der Waals surface area contributed by atoms with Gasteiger partial charge in [0.2, 0.25) is 0 Å². The van der Waals surface area contributed by atoms with Crippen molar-refractivity contribution in [2.24, 2.45) is 5.41 Å². The van der Waals surface area contributed by atoms with Crippen LogP contribution in [0.5, 0.6) is 17.2 Å². The summed E-state index contributed by atoms with van der Waals surface area (Å²) in [6.07, 6.45) is 8.33. The van der Waals surface area contributed by atoms with Gasteiger partial charge in [-0.2, -0.15) is 0 Å². The van der Waals surface area contributed by atoms with Gasteiger partial charge < -0.3 is 24.6 Å². The standard InChI is InChI=1S/C31H38N6O3/c1-5-37(20(2)3)30(38)23-12-21(4)6-7-26(23)40-28-16-33-19-35-29(28)36-17-31(18-36)13-22(14-31)39-27-9-11-34-25-8-10-32-15-24(25)27/h6-7,9,11-12,16,19-20,22,32H,5,8,10,13-15,17-18H2,1-4H3. The first-order valence-corrected chi connectivity index (χ1v) is 14.3. The molecule has 0 atom stereocenters. The van der Waals surface area contributed by atoms with E-state index in [4.69, 9.17) is 9.47 Å². The molecule has 0 radical (unpaired) electrons. The predicted octanol–water partition coefficient (Wildman–Crippen LogP) is 4.54. The Morgan fingerprint density at radius 1 is 1.18 bits per heavy atom. The molecule has 3 aliphatic rings. The minimum Gasteiger partial charge on any atom is -0.490 e. The van der Waals surface area contributed by atoms with Crippen LogP contribution in [-0.4, -0.2) is 64.1 Å². The van der Waals surface area contributed by atoms with Crippen LogP contribution < -0.4 is 19.7 Å². The fourth-order valence-electron chi connectivity index (χ4n) is 6.33. The molecule has 2 fully saturated rings. The third-order valence-electron chi connectivity index (χ3n) is 8.38. The number of hydrogen-bond donors (Lipinski definition) is 1. The van der Waals surface area contributed by atoms with E-state index >= 15 is 0 Å². The Labute approximate surface area is 235 Å². The highest BCUT2D eigenvalue weighted by Gasteiger charge is 2.54. The van der Waals surface area contributed by atoms with Crippen molar-refractivity contribution in [1.82, 2.24) is 25.2 Å². The fraction of sp³-hybridized carbons (Fsp3) is 0.484. The van der Waals surface area contributed by atoms with Crippen molar-refractivity contribution < 1.29 is 14.3 Å². The maximum Gasteiger partial charge on any atom is 0.257 e. The van der Waals surface area contributed by atoms with Crippen LogP contribution in [0, 0.1) is 12.3 Å². The largest absolute Gasteiger partial charge is 0.490 e. The van der Waals surface area contributed by atoms with Gasteiger partial charge in [-0.05, 0) is 58.7 Å². The van der Waals surface area contributed by atoms with E-state index in [1.54, 1.807) is 12.5 Å². The van der Waals surface area contributed by atoms with Crippen molar-refractivity contribution in [1.29, 1.82) is 0 Å². The number of nitrogens with zero attached hydrogens (tertiary/aromatic N) is 5. The zero-order valence-electron chi connectivity index (χ0n) is 23.8. The van der Waals surface area contributed by atoms with E-state index in [2.05, 4.69) is 25.2 Å². The second kappa shape index (κ2) is 10.7. The maximum absolute atomic E-state index is 13.4. The lowest BCUT2D eigenvalue weighted by Crippen LogP contribution is -2.65. The molecule has 1 amide bonds. The van der Waals surface area contributed by atoms with Crippen LogP contribution in [0.15, 0.2) is 43.0 Å². The van der Waals surface area contributed by atoms with Crippen LogP contribution in [0.2, 0.25) is 0 Å². The number of amides is 1. The first-order valence-electron chi connectivity index (χ1n) is 14.3. The molecule has 1 saturated heterocycles. The Balaban J connectivity index is 1.13. The van der Waals surface area contributed by atoms with Crippen LogP contribution in [0.4, 0.5) is 5.82 Å². The molecule has 2 aliphatic heterocycles. The number of rotatable bonds is 8. The number of fused-ring (bicyclic) bond motifs is 1. The molecule has 4 heterocycles. The van der Waals surface area contributed by atoms with Gasteiger partial charge in [0.1, 0.15) is 23.9 Å². The molecule has 40 heavy (non-hydrogen) atoms. The van der Waals surface area contributed by atoms with Crippen molar-refractivity contribution in [3.05, 3.63) is 65.4 Å². The van der Waals surface area contributed by atoms with Crippen molar-refractivity contribution in [3.8, 4) is 17.2 Å². The number of aromatic nitrogens is 3. The number of carbonyl (C=O) groups excluding carboxylic acids is 1. The lowest BCUT2D eigenvalue weighted by Gasteiger charge is -2.59. The Bertz CT molecular complexity index is 1400. The summed E-state index contributed by atoms with van der Waals surface area (Å²) in [5.74, 6) is 2.78. The molecular formula is C31H38N6O3. The summed E-state index contributed by atoms with van der Waals surface area (Å²) in [4.78, 5) is 30.9. The summed E-state index contributed by atoms with van der Waals surface area (Å²) in [5.41, 5.74) is 4.16. The summed E-state index contributed by atoms with van der Waals surface area (Å²) < 4.78 is 12.8. The van der Waals surface area contributed by atoms with Crippen molar-refractivity contribution >= 4 is 11.7 Å². The maximum atomic E-state index is 13.4. The SMILES string of the molecule is CCN(C(=O)c1cc(C)ccc1Oc1cncnc1N1CC2(CC(Oc3ccnc4c3CNCC4)C2)C1)C(C)C. The van der Waals surface area contributed by atoms with Crippen LogP contribution >= 0.6 is 0 Å². The van der Waals surface area contributed by atoms with Gasteiger partial charge in [-0.3, -0.25) is 9.78 Å². The van der Waals surface area contributed by atoms with E-state index in [1.165, 1.54) is 5.56 Å². The molecule has 1 aliphatic carbocycles. The average Bonchev–Trinajstić information content (AvgIpc) is 2.91. The van der Waals surface area contributed by atoms with Gasteiger partial charge in [0.05, 0.1) is 11.8 Å². The molecule has 1 aromatic carbocycles. The number of pyridine rings is 1. The summed E-state index contributed by atoms with van der Waals surface area (Å²) in [7, 11) is 0. The Morgan fingerprint density at radius 2 is 2.00 bits per heavy atom. The number of ether oxygens (including phenoxy) is 2. The van der Waals surface area contributed by atoms with Gasteiger partial charge in [0.15, 0.2) is 11.6 Å². The minimum atomic E-state index is -0.0377. The Morgan fingerprint density at radius 3 is 2.77 bits per heavy atom. The van der Waals surface area contributed by atoms with Crippen molar-refractivity contribution in [2.45, 2.75) is 65.6 Å². The molecule has 1 N–H and O–H groups in total. The van der Waals surface area contributed by atoms with Gasteiger partial charge in [0, 0.05) is 68.1 Å². The van der Waals surface area contributed by atoms with Crippen molar-refractivity contribution in [2.75, 3.05) is 31.1 Å². The topological polar surface area (TPSA) is 92.7 Å². The molecule has 0 unspecified atom stereocenters. The predicted molar refractivity (Wildman–Crippen MR) is 153 cm³/mol. The first kappa shape index (κ1) is 26.5. The zero-order chi connectivity index (χ0) is 27.9. The smallest absolute Gasteiger partial charge is 0.257 e. The normalized spacial score (nSPS) is 17.7. The average molecular weight is 543 g/mol. The molecule has 6 rings (SSSR count). The van der Waals surface area contributed by atoms with E-state index in [1.807, 2.05) is 63.1 Å². The summed E-state index contributed by atoms with van der Waals surface area (Å²) >= 11 is 0. The molecule has 1 saturated carbocycles. The monoisotopic (exact) mass is 542 g/mol. The second-order valence-corrected chi connectivity index (χ2v) is 11.7. The number of nitrogens with one attached hydrogen (secondary N) is 1. The molecule has 1 spiro atoms. The van der Waals surface area contributed by atoms with Crippen LogP contribution in [0.1, 0.15) is 60.8 Å². The van der Waals surface area contributed by atoms with E-state index in [0.29, 0.717) is 23.6 Å². The minimum absolute atomic E-state index is 0.0377. The molecule has 0 bridgehead atoms. The van der Waals surface area contributed by atoms with E-state index in [9.17, 15) is 4.79 Å². The lowest BCUT2D eigenvalue weighted by atomic mass is 9.61. The third kappa shape index (κ3) is 4.98. The Kier molecular flexibility index (Phi) is 7.08. The van der Waals surface area contributed by atoms with Crippen LogP contribution in [-0.2, 0) is 13.0 Å². The van der Waals surface area contributed by atoms with Gasteiger partial charge in [-0.1, -0.05) is 11.6 Å². The van der Waals surface area contributed by atoms with Gasteiger partial charge in [-0.15, -0.1) is 0 Å². The van der Waals surface area contributed by atoms with Crippen LogP contribution in [0.3, 0.4) is 0 Å². The highest BCUT2D eigenvalue weighted by Crippen LogP contribution is 2.52. The van der Waals surface area contributed by atoms with E-state index in [0.717, 1.165) is 68.3 Å². The van der Waals surface area contributed by atoms with Gasteiger partial charge in [-0.25, -0.2) is 9.97 Å². The number of aryl methyl sites for hydroxylation is 1. The summed E-state index contributed by atoms with van der Waals surface area (Å²) in [5, 5.41) is 3.43. The lowest BCUT2D eigenvalue weighted by molar-refractivity contribution is -0.0349. The number of carbonyl (C=O) groups is 1. The molecule has 9 heteroatoms. The number of benzene rings is 1. The quantitative estimate of drug-likeness (QED) is 0.444. The second-order valence-electron chi connectivity index (χ2n) is 11.7. The first-order chi connectivity index (χ1) is 19.4. The number of hydrogen-bond acceptors (Lipinski definition) is 8. The zero-order valence-corrected chi connectivity index (χ0v) is 23.8. The van der Waals surface area contributed by atoms with Gasteiger partial charge in [0.25, 0.3) is 5.91 Å². The number of anilines is 1. The summed E-state index contributed by atoms with van der Waals surface area (Å²) in [6.45, 7) is 12.2. The Hall–Kier alpha value is -3.72. The van der Waals surface area contributed by atoms with E-state index in [-0.39, 0.29) is 23.5 Å². The van der Waals surface area contributed by atoms with Crippen molar-refractivity contribution in [3.63, 3.8) is 0 Å². The molecule has 3 aromatic rings. The third-order valence-corrected chi connectivity index (χ3v) is 8.38. The molecule has 210 valence electrons. The highest BCUT2D eigenvalue weighted by molar-refractivity contribution is 5.97. The molecular weight excluding hydrogens is 504 g/mol. The van der Waals surface area contributed by atoms with E-state index < -0.39 is 0 Å².